The van der Waals surface area contributed by atoms with Gasteiger partial charge >= 0.3 is 0 Å². The summed E-state index contributed by atoms with van der Waals surface area (Å²) >= 11 is 0. The molecule has 3 aromatic carbocycles. The van der Waals surface area contributed by atoms with Gasteiger partial charge in [0.15, 0.2) is 0 Å². The first-order chi connectivity index (χ1) is 17.0. The fourth-order valence-electron chi connectivity index (χ4n) is 3.83. The lowest BCUT2D eigenvalue weighted by atomic mass is 10.0. The molecule has 0 aliphatic rings. The van der Waals surface area contributed by atoms with E-state index in [1.165, 1.54) is 22.8 Å². The predicted molar refractivity (Wildman–Crippen MR) is 130 cm³/mol. The van der Waals surface area contributed by atoms with Crippen molar-refractivity contribution in [2.24, 2.45) is 0 Å². The number of carbonyl (C=O) groups excluding carboxylic acids is 2. The van der Waals surface area contributed by atoms with Crippen molar-refractivity contribution in [2.75, 3.05) is 25.2 Å². The minimum absolute atomic E-state index is 0.190. The van der Waals surface area contributed by atoms with Crippen LogP contribution in [0.5, 0.6) is 0 Å². The maximum atomic E-state index is 14.6. The summed E-state index contributed by atoms with van der Waals surface area (Å²) in [6.45, 7) is 2.02. The molecule has 1 heterocycles. The number of para-hydroxylation sites is 1. The summed E-state index contributed by atoms with van der Waals surface area (Å²) in [6.07, 6.45) is 0. The molecule has 180 valence electrons. The Morgan fingerprint density at radius 2 is 1.83 bits per heavy atom. The average Bonchev–Trinajstić information content (AvgIpc) is 3.27. The quantitative estimate of drug-likeness (QED) is 0.375. The predicted octanol–water partition coefficient (Wildman–Crippen LogP) is 3.42. The number of methoxy groups -OCH3 is 1. The van der Waals surface area contributed by atoms with Crippen LogP contribution in [0.15, 0.2) is 72.8 Å². The molecular formula is C26H26FN5O3. The van der Waals surface area contributed by atoms with E-state index in [1.54, 1.807) is 49.4 Å². The number of carbonyl (C=O) groups is 2. The van der Waals surface area contributed by atoms with E-state index in [2.05, 4.69) is 15.6 Å². The van der Waals surface area contributed by atoms with E-state index in [0.717, 1.165) is 0 Å². The Labute approximate surface area is 202 Å². The number of nitrogens with one attached hydrogen (secondary N) is 1. The molecule has 0 aliphatic heterocycles. The zero-order valence-corrected chi connectivity index (χ0v) is 19.5. The van der Waals surface area contributed by atoms with E-state index in [1.807, 2.05) is 24.3 Å². The Balaban J connectivity index is 1.78. The van der Waals surface area contributed by atoms with Crippen LogP contribution in [-0.4, -0.2) is 47.1 Å². The number of hydrogen-bond acceptors (Lipinski definition) is 5. The third-order valence-electron chi connectivity index (χ3n) is 5.63. The van der Waals surface area contributed by atoms with Crippen LogP contribution in [0.1, 0.15) is 17.2 Å². The lowest BCUT2D eigenvalue weighted by Gasteiger charge is -2.31. The average molecular weight is 476 g/mol. The van der Waals surface area contributed by atoms with Crippen molar-refractivity contribution in [3.05, 3.63) is 89.7 Å². The second-order valence-electron chi connectivity index (χ2n) is 8.03. The number of aryl methyl sites for hydroxylation is 1. The molecule has 0 bridgehead atoms. The van der Waals surface area contributed by atoms with E-state index in [-0.39, 0.29) is 18.8 Å². The van der Waals surface area contributed by atoms with Crippen LogP contribution in [0.3, 0.4) is 0 Å². The Kier molecular flexibility index (Phi) is 7.47. The zero-order chi connectivity index (χ0) is 24.8. The molecule has 4 rings (SSSR count). The van der Waals surface area contributed by atoms with Crippen LogP contribution in [-0.2, 0) is 20.9 Å². The third kappa shape index (κ3) is 5.36. The first-order valence-electron chi connectivity index (χ1n) is 11.2. The van der Waals surface area contributed by atoms with Gasteiger partial charge in [0.05, 0.1) is 12.1 Å². The molecule has 8 nitrogen and oxygen atoms in total. The van der Waals surface area contributed by atoms with Crippen molar-refractivity contribution < 1.29 is 18.7 Å². The lowest BCUT2D eigenvalue weighted by molar-refractivity contribution is -0.127. The van der Waals surface area contributed by atoms with Crippen LogP contribution in [0.4, 0.5) is 10.1 Å². The summed E-state index contributed by atoms with van der Waals surface area (Å²) < 4.78 is 21.1. The Hall–Kier alpha value is -4.11. The molecule has 0 saturated heterocycles. The molecule has 0 fully saturated rings. The molecule has 0 unspecified atom stereocenters. The maximum Gasteiger partial charge on any atom is 0.249 e. The summed E-state index contributed by atoms with van der Waals surface area (Å²) in [5.74, 6) is -1.33. The second-order valence-corrected chi connectivity index (χ2v) is 8.03. The number of rotatable bonds is 9. The number of fused-ring (bicyclic) bond motifs is 1. The van der Waals surface area contributed by atoms with Gasteiger partial charge in [0, 0.05) is 19.3 Å². The first kappa shape index (κ1) is 24.0. The van der Waals surface area contributed by atoms with Gasteiger partial charge in [-0.05, 0) is 42.3 Å². The fourth-order valence-corrected chi connectivity index (χ4v) is 3.83. The standard InChI is InChI=1S/C26H26FN5O3/c1-18-12-13-20(16-21(18)27)32(24(33)17-31-23-11-7-6-10-22(23)29-30-31)25(19-8-4-3-5-9-19)26(34)28-14-15-35-2/h3-13,16,25H,14-15,17H2,1-2H3,(H,28,34)/t25-/m1/s1. The highest BCUT2D eigenvalue weighted by Gasteiger charge is 2.33. The second kappa shape index (κ2) is 10.9. The van der Waals surface area contributed by atoms with Crippen molar-refractivity contribution in [1.82, 2.24) is 20.3 Å². The van der Waals surface area contributed by atoms with Gasteiger partial charge in [-0.25, -0.2) is 9.07 Å². The van der Waals surface area contributed by atoms with E-state index in [0.29, 0.717) is 28.8 Å². The summed E-state index contributed by atoms with van der Waals surface area (Å²) in [4.78, 5) is 28.5. The largest absolute Gasteiger partial charge is 0.383 e. The van der Waals surface area contributed by atoms with Crippen molar-refractivity contribution in [2.45, 2.75) is 19.5 Å². The highest BCUT2D eigenvalue weighted by molar-refractivity contribution is 6.01. The fraction of sp³-hybridized carbons (Fsp3) is 0.231. The molecular weight excluding hydrogens is 449 g/mol. The molecule has 1 N–H and O–H groups in total. The lowest BCUT2D eigenvalue weighted by Crippen LogP contribution is -2.46. The van der Waals surface area contributed by atoms with Gasteiger partial charge in [-0.3, -0.25) is 14.5 Å². The summed E-state index contributed by atoms with van der Waals surface area (Å²) in [5, 5.41) is 11.0. The van der Waals surface area contributed by atoms with Gasteiger partial charge in [-0.1, -0.05) is 53.7 Å². The van der Waals surface area contributed by atoms with Crippen molar-refractivity contribution in [1.29, 1.82) is 0 Å². The number of benzene rings is 3. The maximum absolute atomic E-state index is 14.6. The van der Waals surface area contributed by atoms with Crippen molar-refractivity contribution >= 4 is 28.5 Å². The molecule has 0 saturated carbocycles. The molecule has 1 aromatic heterocycles. The number of ether oxygens (including phenoxy) is 1. The number of anilines is 1. The van der Waals surface area contributed by atoms with Crippen molar-refractivity contribution in [3.8, 4) is 0 Å². The van der Waals surface area contributed by atoms with Crippen molar-refractivity contribution in [3.63, 3.8) is 0 Å². The van der Waals surface area contributed by atoms with Gasteiger partial charge in [0.25, 0.3) is 0 Å². The Bertz CT molecular complexity index is 1330. The van der Waals surface area contributed by atoms with Crippen LogP contribution in [0.2, 0.25) is 0 Å². The molecule has 0 aliphatic carbocycles. The van der Waals surface area contributed by atoms with Gasteiger partial charge < -0.3 is 10.1 Å². The third-order valence-corrected chi connectivity index (χ3v) is 5.63. The summed E-state index contributed by atoms with van der Waals surface area (Å²) in [7, 11) is 1.54. The summed E-state index contributed by atoms with van der Waals surface area (Å²) in [6, 6.07) is 19.6. The number of halogens is 1. The van der Waals surface area contributed by atoms with E-state index < -0.39 is 23.7 Å². The summed E-state index contributed by atoms with van der Waals surface area (Å²) in [5.41, 5.74) is 2.60. The topological polar surface area (TPSA) is 89.4 Å². The number of amides is 2. The van der Waals surface area contributed by atoms with Crippen LogP contribution >= 0.6 is 0 Å². The van der Waals surface area contributed by atoms with E-state index >= 15 is 0 Å². The van der Waals surface area contributed by atoms with Gasteiger partial charge in [0.2, 0.25) is 11.8 Å². The van der Waals surface area contributed by atoms with Crippen LogP contribution in [0, 0.1) is 12.7 Å². The van der Waals surface area contributed by atoms with Gasteiger partial charge in [-0.2, -0.15) is 0 Å². The van der Waals surface area contributed by atoms with E-state index in [9.17, 15) is 14.0 Å². The number of aromatic nitrogens is 3. The van der Waals surface area contributed by atoms with Crippen LogP contribution in [0.25, 0.3) is 11.0 Å². The van der Waals surface area contributed by atoms with Gasteiger partial charge in [-0.15, -0.1) is 5.10 Å². The normalized spacial score (nSPS) is 11.9. The molecule has 4 aromatic rings. The van der Waals surface area contributed by atoms with E-state index in [4.69, 9.17) is 4.74 Å². The number of hydrogen-bond donors (Lipinski definition) is 1. The molecule has 0 spiro atoms. The molecule has 1 atom stereocenters. The highest BCUT2D eigenvalue weighted by Crippen LogP contribution is 2.30. The molecule has 2 amide bonds. The molecule has 0 radical (unpaired) electrons. The monoisotopic (exact) mass is 475 g/mol. The van der Waals surface area contributed by atoms with Crippen LogP contribution < -0.4 is 10.2 Å². The van der Waals surface area contributed by atoms with Gasteiger partial charge in [0.1, 0.15) is 23.9 Å². The Morgan fingerprint density at radius 1 is 1.09 bits per heavy atom. The smallest absolute Gasteiger partial charge is 0.249 e. The highest BCUT2D eigenvalue weighted by atomic mass is 19.1. The molecule has 35 heavy (non-hydrogen) atoms. The zero-order valence-electron chi connectivity index (χ0n) is 19.5. The first-order valence-corrected chi connectivity index (χ1v) is 11.2. The SMILES string of the molecule is COCCNC(=O)[C@@H](c1ccccc1)N(C(=O)Cn1nnc2ccccc21)c1ccc(C)c(F)c1. The Morgan fingerprint density at radius 3 is 2.57 bits per heavy atom. The number of nitrogens with zero attached hydrogens (tertiary/aromatic N) is 4. The molecule has 9 heteroatoms. The minimum atomic E-state index is -1.04. The minimum Gasteiger partial charge on any atom is -0.383 e.